The number of hydrogen-bond donors (Lipinski definition) is 2. The topological polar surface area (TPSA) is 107 Å². The van der Waals surface area contributed by atoms with Gasteiger partial charge >= 0.3 is 6.18 Å². The fraction of sp³-hybridized carbons (Fsp3) is 0.704. The summed E-state index contributed by atoms with van der Waals surface area (Å²) in [5, 5.41) is 21.7. The van der Waals surface area contributed by atoms with Crippen LogP contribution in [0.15, 0.2) is 18.2 Å². The molecule has 1 aromatic rings. The highest BCUT2D eigenvalue weighted by Crippen LogP contribution is 2.33. The molecule has 0 aliphatic heterocycles. The predicted octanol–water partition coefficient (Wildman–Crippen LogP) is 6.77. The van der Waals surface area contributed by atoms with Gasteiger partial charge in [0.25, 0.3) is 5.91 Å². The number of alkyl halides is 3. The van der Waals surface area contributed by atoms with Crippen LogP contribution in [0.3, 0.4) is 0 Å². The van der Waals surface area contributed by atoms with E-state index in [0.717, 1.165) is 70.3 Å². The van der Waals surface area contributed by atoms with Crippen LogP contribution in [0.1, 0.15) is 108 Å². The van der Waals surface area contributed by atoms with Gasteiger partial charge in [-0.15, -0.1) is 0 Å². The lowest BCUT2D eigenvalue weighted by atomic mass is 9.96. The van der Waals surface area contributed by atoms with Crippen molar-refractivity contribution in [1.29, 1.82) is 5.26 Å². The van der Waals surface area contributed by atoms with Gasteiger partial charge in [0, 0.05) is 5.69 Å². The number of carbonyl (C=O) groups excluding carboxylic acids is 1. The summed E-state index contributed by atoms with van der Waals surface area (Å²) >= 11 is 0. The Labute approximate surface area is 219 Å². The molecule has 0 bridgehead atoms. The number of hydrogen-bond acceptors (Lipinski definition) is 5. The van der Waals surface area contributed by atoms with Crippen molar-refractivity contribution in [2.75, 3.05) is 16.8 Å². The van der Waals surface area contributed by atoms with Crippen LogP contribution < -0.4 is 5.32 Å². The molecule has 0 heterocycles. The minimum atomic E-state index is -4.74. The molecule has 10 heteroatoms. The summed E-state index contributed by atoms with van der Waals surface area (Å²) < 4.78 is 63.4. The molecule has 210 valence electrons. The second-order valence-electron chi connectivity index (χ2n) is 9.89. The van der Waals surface area contributed by atoms with Crippen LogP contribution in [0.2, 0.25) is 0 Å². The lowest BCUT2D eigenvalue weighted by Crippen LogP contribution is -2.40. The Kier molecular flexibility index (Phi) is 14.2. The zero-order valence-electron chi connectivity index (χ0n) is 22.0. The van der Waals surface area contributed by atoms with E-state index in [4.69, 9.17) is 5.26 Å². The number of unbranched alkanes of at least 4 members (excludes halogenated alkanes) is 10. The van der Waals surface area contributed by atoms with Crippen LogP contribution in [0.4, 0.5) is 18.9 Å². The summed E-state index contributed by atoms with van der Waals surface area (Å²) in [6.45, 7) is 3.42. The van der Waals surface area contributed by atoms with Gasteiger partial charge < -0.3 is 10.4 Å². The monoisotopic (exact) mass is 546 g/mol. The number of aliphatic hydroxyl groups is 1. The molecule has 0 saturated heterocycles. The standard InChI is InChI=1S/C27H41F3N2O4S/c1-3-4-5-13-18-37(35,36)19-14-11-9-7-6-8-10-12-17-26(2,34)25(33)32-23-16-15-22(21-31)24(20-23)27(28,29)30/h15-16,20,34H,3-14,17-19H2,1-2H3,(H,32,33)/t26-/m0/s1. The number of anilines is 1. The highest BCUT2D eigenvalue weighted by molar-refractivity contribution is 7.91. The Morgan fingerprint density at radius 1 is 0.946 bits per heavy atom. The number of nitrogens with zero attached hydrogens (tertiary/aromatic N) is 1. The van der Waals surface area contributed by atoms with Crippen molar-refractivity contribution in [3.63, 3.8) is 0 Å². The first kappa shape index (κ1) is 32.9. The molecule has 0 radical (unpaired) electrons. The predicted molar refractivity (Wildman–Crippen MR) is 140 cm³/mol. The second-order valence-corrected chi connectivity index (χ2v) is 12.2. The number of sulfone groups is 1. The highest BCUT2D eigenvalue weighted by Gasteiger charge is 2.35. The van der Waals surface area contributed by atoms with E-state index in [1.165, 1.54) is 19.1 Å². The highest BCUT2D eigenvalue weighted by atomic mass is 32.2. The summed E-state index contributed by atoms with van der Waals surface area (Å²) in [5.74, 6) is -0.252. The normalized spacial score (nSPS) is 13.6. The first-order valence-electron chi connectivity index (χ1n) is 13.2. The smallest absolute Gasteiger partial charge is 0.380 e. The molecule has 2 N–H and O–H groups in total. The molecule has 0 fully saturated rings. The fourth-order valence-corrected chi connectivity index (χ4v) is 5.53. The molecule has 0 aromatic heterocycles. The molecule has 1 aromatic carbocycles. The van der Waals surface area contributed by atoms with E-state index >= 15 is 0 Å². The van der Waals surface area contributed by atoms with E-state index in [-0.39, 0.29) is 23.6 Å². The number of nitrogens with one attached hydrogen (secondary N) is 1. The molecule has 0 unspecified atom stereocenters. The summed E-state index contributed by atoms with van der Waals surface area (Å²) in [4.78, 5) is 12.4. The van der Waals surface area contributed by atoms with Crippen LogP contribution in [0, 0.1) is 11.3 Å². The maximum atomic E-state index is 13.1. The molecule has 0 spiro atoms. The fourth-order valence-electron chi connectivity index (χ4n) is 4.04. The zero-order valence-corrected chi connectivity index (χ0v) is 22.8. The van der Waals surface area contributed by atoms with Crippen molar-refractivity contribution in [1.82, 2.24) is 0 Å². The van der Waals surface area contributed by atoms with Gasteiger partial charge in [-0.2, -0.15) is 18.4 Å². The zero-order chi connectivity index (χ0) is 28.0. The molecule has 6 nitrogen and oxygen atoms in total. The maximum absolute atomic E-state index is 13.1. The molecular weight excluding hydrogens is 505 g/mol. The number of benzene rings is 1. The minimum Gasteiger partial charge on any atom is -0.380 e. The van der Waals surface area contributed by atoms with Gasteiger partial charge in [0.2, 0.25) is 0 Å². The second kappa shape index (κ2) is 16.0. The quantitative estimate of drug-likeness (QED) is 0.198. The Balaban J connectivity index is 2.26. The van der Waals surface area contributed by atoms with E-state index in [0.29, 0.717) is 18.9 Å². The summed E-state index contributed by atoms with van der Waals surface area (Å²) in [7, 11) is -2.94. The largest absolute Gasteiger partial charge is 0.417 e. The number of halogens is 3. The van der Waals surface area contributed by atoms with Crippen molar-refractivity contribution in [2.45, 2.75) is 109 Å². The lowest BCUT2D eigenvalue weighted by molar-refractivity contribution is -0.138. The third-order valence-electron chi connectivity index (χ3n) is 6.37. The van der Waals surface area contributed by atoms with Crippen molar-refractivity contribution < 1.29 is 31.5 Å². The minimum absolute atomic E-state index is 0.138. The van der Waals surface area contributed by atoms with E-state index in [1.807, 2.05) is 0 Å². The molecule has 0 aliphatic carbocycles. The van der Waals surface area contributed by atoms with E-state index in [9.17, 15) is 31.5 Å². The Morgan fingerprint density at radius 3 is 1.97 bits per heavy atom. The Morgan fingerprint density at radius 2 is 1.46 bits per heavy atom. The van der Waals surface area contributed by atoms with Crippen molar-refractivity contribution in [3.05, 3.63) is 29.3 Å². The van der Waals surface area contributed by atoms with Crippen LogP contribution in [0.5, 0.6) is 0 Å². The molecule has 0 saturated carbocycles. The van der Waals surface area contributed by atoms with E-state index in [1.54, 1.807) is 0 Å². The van der Waals surface area contributed by atoms with Crippen LogP contribution in [0.25, 0.3) is 0 Å². The van der Waals surface area contributed by atoms with Gasteiger partial charge in [-0.1, -0.05) is 71.1 Å². The van der Waals surface area contributed by atoms with Crippen molar-refractivity contribution >= 4 is 21.4 Å². The van der Waals surface area contributed by atoms with Gasteiger partial charge in [-0.05, 0) is 44.4 Å². The summed E-state index contributed by atoms with van der Waals surface area (Å²) in [6, 6.07) is 4.36. The first-order chi connectivity index (χ1) is 17.3. The van der Waals surface area contributed by atoms with Gasteiger partial charge in [-0.3, -0.25) is 4.79 Å². The van der Waals surface area contributed by atoms with Crippen molar-refractivity contribution in [3.8, 4) is 6.07 Å². The van der Waals surface area contributed by atoms with Crippen LogP contribution in [-0.4, -0.2) is 36.5 Å². The molecule has 1 rings (SSSR count). The molecular formula is C27H41F3N2O4S. The van der Waals surface area contributed by atoms with E-state index < -0.39 is 38.6 Å². The number of rotatable bonds is 18. The van der Waals surface area contributed by atoms with Gasteiger partial charge in [0.1, 0.15) is 15.4 Å². The third kappa shape index (κ3) is 13.3. The SMILES string of the molecule is CCCCCCS(=O)(=O)CCCCCCCCCC[C@](C)(O)C(=O)Nc1ccc(C#N)c(C(F)(F)F)c1. The molecule has 37 heavy (non-hydrogen) atoms. The van der Waals surface area contributed by atoms with Crippen molar-refractivity contribution in [2.24, 2.45) is 0 Å². The average molecular weight is 547 g/mol. The van der Waals surface area contributed by atoms with Gasteiger partial charge in [-0.25, -0.2) is 8.42 Å². The first-order valence-corrected chi connectivity index (χ1v) is 15.0. The number of amides is 1. The van der Waals surface area contributed by atoms with Crippen LogP contribution >= 0.6 is 0 Å². The lowest BCUT2D eigenvalue weighted by Gasteiger charge is -2.22. The van der Waals surface area contributed by atoms with Gasteiger partial charge in [0.15, 0.2) is 0 Å². The average Bonchev–Trinajstić information content (AvgIpc) is 2.82. The maximum Gasteiger partial charge on any atom is 0.417 e. The third-order valence-corrected chi connectivity index (χ3v) is 8.19. The number of carbonyl (C=O) groups is 1. The molecule has 1 atom stereocenters. The molecule has 1 amide bonds. The Hall–Kier alpha value is -2.12. The van der Waals surface area contributed by atoms with Gasteiger partial charge in [0.05, 0.1) is 28.7 Å². The number of nitriles is 1. The molecule has 0 aliphatic rings. The summed E-state index contributed by atoms with van der Waals surface area (Å²) in [5.41, 5.74) is -3.56. The Bertz CT molecular complexity index is 986. The summed E-state index contributed by atoms with van der Waals surface area (Å²) in [6.07, 6.45) is 6.11. The van der Waals surface area contributed by atoms with E-state index in [2.05, 4.69) is 12.2 Å². The van der Waals surface area contributed by atoms with Crippen LogP contribution in [-0.2, 0) is 20.8 Å².